The second kappa shape index (κ2) is 10.9. The standard InChI is InChI=1S/C26H30N4O4S/c1-6-7-14-30-16(2)22(25-28-24(29-34-25)17-8-11-19(35-5)12-9-17)23(27-26(30)31)18-10-13-20(32-3)21(15-18)33-4/h8-13,15,23H,6-7,14H2,1-5H3,(H,27,31). The number of aromatic nitrogens is 2. The summed E-state index contributed by atoms with van der Waals surface area (Å²) in [5.74, 6) is 2.05. The fourth-order valence-corrected chi connectivity index (χ4v) is 4.52. The average molecular weight is 495 g/mol. The van der Waals surface area contributed by atoms with Crippen molar-refractivity contribution in [3.63, 3.8) is 0 Å². The van der Waals surface area contributed by atoms with Crippen LogP contribution in [0.25, 0.3) is 17.0 Å². The number of ether oxygens (including phenoxy) is 2. The van der Waals surface area contributed by atoms with Crippen molar-refractivity contribution in [3.05, 3.63) is 59.6 Å². The molecule has 2 aromatic carbocycles. The van der Waals surface area contributed by atoms with E-state index in [0.717, 1.165) is 40.1 Å². The van der Waals surface area contributed by atoms with Crippen molar-refractivity contribution >= 4 is 23.4 Å². The summed E-state index contributed by atoms with van der Waals surface area (Å²) in [5, 5.41) is 7.37. The number of methoxy groups -OCH3 is 2. The number of thioether (sulfide) groups is 1. The molecule has 2 heterocycles. The van der Waals surface area contributed by atoms with Gasteiger partial charge in [-0.1, -0.05) is 24.6 Å². The minimum atomic E-state index is -0.493. The molecule has 0 spiro atoms. The minimum Gasteiger partial charge on any atom is -0.493 e. The van der Waals surface area contributed by atoms with Crippen LogP contribution < -0.4 is 14.8 Å². The van der Waals surface area contributed by atoms with Crippen molar-refractivity contribution in [2.45, 2.75) is 37.6 Å². The Kier molecular flexibility index (Phi) is 7.65. The fourth-order valence-electron chi connectivity index (χ4n) is 4.12. The number of nitrogens with zero attached hydrogens (tertiary/aromatic N) is 3. The summed E-state index contributed by atoms with van der Waals surface area (Å²) < 4.78 is 16.7. The van der Waals surface area contributed by atoms with E-state index < -0.39 is 6.04 Å². The van der Waals surface area contributed by atoms with Crippen LogP contribution in [0.15, 0.2) is 57.6 Å². The molecular formula is C26H30N4O4S. The van der Waals surface area contributed by atoms with Crippen LogP contribution in [0.5, 0.6) is 11.5 Å². The Morgan fingerprint density at radius 2 is 1.86 bits per heavy atom. The Labute approximate surface area is 209 Å². The first-order chi connectivity index (χ1) is 17.0. The molecule has 0 aliphatic carbocycles. The molecule has 1 aliphatic rings. The van der Waals surface area contributed by atoms with Gasteiger partial charge in [-0.3, -0.25) is 4.90 Å². The zero-order valence-corrected chi connectivity index (χ0v) is 21.4. The molecule has 184 valence electrons. The van der Waals surface area contributed by atoms with Gasteiger partial charge in [0.1, 0.15) is 0 Å². The molecule has 9 heteroatoms. The molecule has 1 aromatic heterocycles. The summed E-state index contributed by atoms with van der Waals surface area (Å²) in [6, 6.07) is 12.9. The van der Waals surface area contributed by atoms with Crippen LogP contribution in [-0.4, -0.2) is 48.1 Å². The maximum absolute atomic E-state index is 13.1. The average Bonchev–Trinajstić information content (AvgIpc) is 3.37. The van der Waals surface area contributed by atoms with Crippen molar-refractivity contribution < 1.29 is 18.8 Å². The first kappa shape index (κ1) is 24.7. The Bertz CT molecular complexity index is 1220. The predicted octanol–water partition coefficient (Wildman–Crippen LogP) is 5.77. The van der Waals surface area contributed by atoms with Gasteiger partial charge in [-0.2, -0.15) is 4.98 Å². The summed E-state index contributed by atoms with van der Waals surface area (Å²) in [6.45, 7) is 4.63. The molecule has 1 unspecified atom stereocenters. The van der Waals surface area contributed by atoms with Gasteiger partial charge in [0.05, 0.1) is 25.8 Å². The van der Waals surface area contributed by atoms with E-state index in [2.05, 4.69) is 17.4 Å². The van der Waals surface area contributed by atoms with Crippen LogP contribution >= 0.6 is 11.8 Å². The molecule has 0 saturated heterocycles. The lowest BCUT2D eigenvalue weighted by atomic mass is 9.94. The number of hydrogen-bond donors (Lipinski definition) is 1. The molecule has 35 heavy (non-hydrogen) atoms. The third-order valence-electron chi connectivity index (χ3n) is 6.08. The van der Waals surface area contributed by atoms with Crippen molar-refractivity contribution in [3.8, 4) is 22.9 Å². The van der Waals surface area contributed by atoms with Gasteiger partial charge in [0.15, 0.2) is 11.5 Å². The number of allylic oxidation sites excluding steroid dienone is 1. The van der Waals surface area contributed by atoms with Gasteiger partial charge >= 0.3 is 6.03 Å². The first-order valence-electron chi connectivity index (χ1n) is 11.5. The second-order valence-corrected chi connectivity index (χ2v) is 9.03. The molecule has 3 aromatic rings. The topological polar surface area (TPSA) is 89.7 Å². The van der Waals surface area contributed by atoms with Crippen molar-refractivity contribution in [2.24, 2.45) is 0 Å². The fraction of sp³-hybridized carbons (Fsp3) is 0.346. The quantitative estimate of drug-likeness (QED) is 0.378. The van der Waals surface area contributed by atoms with Gasteiger partial charge in [-0.25, -0.2) is 4.79 Å². The van der Waals surface area contributed by atoms with Gasteiger partial charge in [-0.05, 0) is 61.6 Å². The summed E-state index contributed by atoms with van der Waals surface area (Å²) in [7, 11) is 3.18. The summed E-state index contributed by atoms with van der Waals surface area (Å²) in [5.41, 5.74) is 3.23. The van der Waals surface area contributed by atoms with Crippen molar-refractivity contribution in [1.82, 2.24) is 20.4 Å². The zero-order valence-electron chi connectivity index (χ0n) is 20.6. The van der Waals surface area contributed by atoms with Crippen molar-refractivity contribution in [2.75, 3.05) is 27.0 Å². The van der Waals surface area contributed by atoms with E-state index in [-0.39, 0.29) is 6.03 Å². The maximum Gasteiger partial charge on any atom is 0.322 e. The molecular weight excluding hydrogens is 464 g/mol. The van der Waals surface area contributed by atoms with E-state index in [1.54, 1.807) is 30.9 Å². The summed E-state index contributed by atoms with van der Waals surface area (Å²) in [4.78, 5) is 20.7. The molecule has 1 aliphatic heterocycles. The molecule has 2 amide bonds. The first-order valence-corrected chi connectivity index (χ1v) is 12.7. The number of unbranched alkanes of at least 4 members (excludes halogenated alkanes) is 1. The third-order valence-corrected chi connectivity index (χ3v) is 6.82. The van der Waals surface area contributed by atoms with Gasteiger partial charge in [0, 0.05) is 22.7 Å². The monoisotopic (exact) mass is 494 g/mol. The van der Waals surface area contributed by atoms with E-state index in [0.29, 0.717) is 29.8 Å². The van der Waals surface area contributed by atoms with E-state index in [1.807, 2.05) is 55.6 Å². The van der Waals surface area contributed by atoms with E-state index in [1.165, 1.54) is 0 Å². The lowest BCUT2D eigenvalue weighted by Gasteiger charge is -2.35. The molecule has 0 saturated carbocycles. The van der Waals surface area contributed by atoms with E-state index in [9.17, 15) is 4.79 Å². The highest BCUT2D eigenvalue weighted by atomic mass is 32.2. The number of hydrogen-bond acceptors (Lipinski definition) is 7. The SMILES string of the molecule is CCCCN1C(=O)NC(c2ccc(OC)c(OC)c2)C(c2nc(-c3ccc(SC)cc3)no2)=C1C. The molecule has 0 radical (unpaired) electrons. The Hall–Kier alpha value is -3.46. The molecule has 1 N–H and O–H groups in total. The van der Waals surface area contributed by atoms with Crippen LogP contribution in [0.4, 0.5) is 4.79 Å². The number of carbonyl (C=O) groups excluding carboxylic acids is 1. The zero-order chi connectivity index (χ0) is 24.9. The normalized spacial score (nSPS) is 15.9. The third kappa shape index (κ3) is 5.00. The molecule has 4 rings (SSSR count). The van der Waals surface area contributed by atoms with E-state index in [4.69, 9.17) is 19.0 Å². The highest BCUT2D eigenvalue weighted by Gasteiger charge is 2.36. The minimum absolute atomic E-state index is 0.160. The number of amides is 2. The molecule has 8 nitrogen and oxygen atoms in total. The van der Waals surface area contributed by atoms with Crippen LogP contribution in [-0.2, 0) is 0 Å². The highest BCUT2D eigenvalue weighted by Crippen LogP contribution is 2.40. The van der Waals surface area contributed by atoms with Crippen LogP contribution in [0.1, 0.15) is 44.2 Å². The van der Waals surface area contributed by atoms with Gasteiger partial charge < -0.3 is 19.3 Å². The van der Waals surface area contributed by atoms with Crippen LogP contribution in [0, 0.1) is 0 Å². The smallest absolute Gasteiger partial charge is 0.322 e. The van der Waals surface area contributed by atoms with Crippen molar-refractivity contribution in [1.29, 1.82) is 0 Å². The number of rotatable bonds is 9. The Morgan fingerprint density at radius 1 is 1.11 bits per heavy atom. The maximum atomic E-state index is 13.1. The largest absolute Gasteiger partial charge is 0.493 e. The second-order valence-electron chi connectivity index (χ2n) is 8.15. The van der Waals surface area contributed by atoms with E-state index >= 15 is 0 Å². The van der Waals surface area contributed by atoms with Gasteiger partial charge in [-0.15, -0.1) is 11.8 Å². The molecule has 1 atom stereocenters. The lowest BCUT2D eigenvalue weighted by molar-refractivity contribution is 0.204. The number of nitrogens with one attached hydrogen (secondary N) is 1. The van der Waals surface area contributed by atoms with Gasteiger partial charge in [0.2, 0.25) is 5.82 Å². The Morgan fingerprint density at radius 3 is 2.51 bits per heavy atom. The number of benzene rings is 2. The Balaban J connectivity index is 1.79. The number of urea groups is 1. The lowest BCUT2D eigenvalue weighted by Crippen LogP contribution is -2.46. The summed E-state index contributed by atoms with van der Waals surface area (Å²) in [6.07, 6.45) is 3.89. The van der Waals surface area contributed by atoms with Gasteiger partial charge in [0.25, 0.3) is 5.89 Å². The predicted molar refractivity (Wildman–Crippen MR) is 137 cm³/mol. The molecule has 0 fully saturated rings. The van der Waals surface area contributed by atoms with Crippen LogP contribution in [0.3, 0.4) is 0 Å². The highest BCUT2D eigenvalue weighted by molar-refractivity contribution is 7.98. The van der Waals surface area contributed by atoms with Crippen LogP contribution in [0.2, 0.25) is 0 Å². The molecule has 0 bridgehead atoms. The summed E-state index contributed by atoms with van der Waals surface area (Å²) >= 11 is 1.67. The number of carbonyl (C=O) groups is 1.